The molecule has 13 heavy (non-hydrogen) atoms. The second-order valence-corrected chi connectivity index (χ2v) is 4.41. The molecule has 0 radical (unpaired) electrons. The highest BCUT2D eigenvalue weighted by atomic mass is 79.9. The third kappa shape index (κ3) is 4.05. The van der Waals surface area contributed by atoms with Crippen molar-refractivity contribution >= 4 is 37.9 Å². The fourth-order valence-electron chi connectivity index (χ4n) is 0.877. The molecule has 0 aliphatic carbocycles. The van der Waals surface area contributed by atoms with E-state index >= 15 is 0 Å². The monoisotopic (exact) mass is 306 g/mol. The number of rotatable bonds is 3. The molecule has 0 aliphatic rings. The fourth-order valence-corrected chi connectivity index (χ4v) is 1.25. The van der Waals surface area contributed by atoms with E-state index in [1.807, 2.05) is 18.2 Å². The number of hydrogen-bond acceptors (Lipinski definition) is 0. The van der Waals surface area contributed by atoms with Gasteiger partial charge in [0, 0.05) is 10.2 Å². The van der Waals surface area contributed by atoms with Gasteiger partial charge in [-0.25, -0.2) is 4.39 Å². The van der Waals surface area contributed by atoms with Crippen LogP contribution in [0.25, 0.3) is 6.08 Å². The predicted octanol–water partition coefficient (Wildman–Crippen LogP) is 4.00. The van der Waals surface area contributed by atoms with Crippen LogP contribution in [0.15, 0.2) is 30.3 Å². The quantitative estimate of drug-likeness (QED) is 0.741. The predicted molar refractivity (Wildman–Crippen MR) is 61.9 cm³/mol. The Morgan fingerprint density at radius 2 is 2.23 bits per heavy atom. The lowest BCUT2D eigenvalue weighted by atomic mass is 10.2. The number of allylic oxidation sites excluding steroid dienone is 1. The van der Waals surface area contributed by atoms with Crippen molar-refractivity contribution in [2.75, 3.05) is 5.33 Å². The minimum Gasteiger partial charge on any atom is -0.207 e. The average molecular weight is 308 g/mol. The van der Waals surface area contributed by atoms with Crippen LogP contribution in [-0.2, 0) is 0 Å². The van der Waals surface area contributed by atoms with Crippen LogP contribution in [0.2, 0.25) is 0 Å². The Kier molecular flexibility index (Phi) is 4.67. The van der Waals surface area contributed by atoms with E-state index in [1.54, 1.807) is 6.07 Å². The maximum Gasteiger partial charge on any atom is 0.123 e. The number of hydrogen-bond donors (Lipinski definition) is 0. The lowest BCUT2D eigenvalue weighted by Crippen LogP contribution is -1.91. The van der Waals surface area contributed by atoms with Crippen LogP contribution in [0.3, 0.4) is 0 Å². The number of alkyl halides is 2. The summed E-state index contributed by atoms with van der Waals surface area (Å²) in [5.74, 6) is -0.202. The third-order valence-corrected chi connectivity index (χ3v) is 3.69. The first kappa shape index (κ1) is 10.9. The summed E-state index contributed by atoms with van der Waals surface area (Å²) < 4.78 is 12.7. The third-order valence-electron chi connectivity index (χ3n) is 1.49. The van der Waals surface area contributed by atoms with Crippen molar-refractivity contribution in [2.45, 2.75) is 4.83 Å². The van der Waals surface area contributed by atoms with Crippen molar-refractivity contribution in [3.63, 3.8) is 0 Å². The normalized spacial score (nSPS) is 13.5. The van der Waals surface area contributed by atoms with E-state index in [0.29, 0.717) is 0 Å². The van der Waals surface area contributed by atoms with Crippen LogP contribution in [-0.4, -0.2) is 10.2 Å². The van der Waals surface area contributed by atoms with Crippen molar-refractivity contribution in [3.8, 4) is 0 Å². The molecule has 0 aliphatic heterocycles. The molecule has 1 atom stereocenters. The van der Waals surface area contributed by atoms with Gasteiger partial charge in [0.05, 0.1) is 0 Å². The summed E-state index contributed by atoms with van der Waals surface area (Å²) in [6, 6.07) is 6.51. The Hall–Kier alpha value is -0.150. The van der Waals surface area contributed by atoms with E-state index in [2.05, 4.69) is 31.9 Å². The standard InChI is InChI=1S/C10H9Br2F/c11-7-9(12)5-4-8-2-1-3-10(13)6-8/h1-6,9H,7H2/b5-4+. The second kappa shape index (κ2) is 5.55. The van der Waals surface area contributed by atoms with Crippen molar-refractivity contribution < 1.29 is 4.39 Å². The second-order valence-electron chi connectivity index (χ2n) is 2.58. The molecule has 70 valence electrons. The molecule has 0 saturated carbocycles. The van der Waals surface area contributed by atoms with Crippen LogP contribution in [0, 0.1) is 5.82 Å². The summed E-state index contributed by atoms with van der Waals surface area (Å²) in [6.45, 7) is 0. The summed E-state index contributed by atoms with van der Waals surface area (Å²) in [7, 11) is 0. The smallest absolute Gasteiger partial charge is 0.123 e. The maximum atomic E-state index is 12.7. The molecule has 0 aromatic heterocycles. The highest BCUT2D eigenvalue weighted by Gasteiger charge is 1.95. The lowest BCUT2D eigenvalue weighted by Gasteiger charge is -1.97. The van der Waals surface area contributed by atoms with E-state index in [1.165, 1.54) is 12.1 Å². The molecule has 3 heteroatoms. The zero-order valence-corrected chi connectivity index (χ0v) is 10.1. The van der Waals surface area contributed by atoms with Crippen molar-refractivity contribution in [1.82, 2.24) is 0 Å². The molecule has 1 unspecified atom stereocenters. The summed E-state index contributed by atoms with van der Waals surface area (Å²) in [6.07, 6.45) is 3.87. The van der Waals surface area contributed by atoms with Gasteiger partial charge in [-0.3, -0.25) is 0 Å². The first-order valence-corrected chi connectivity index (χ1v) is 5.90. The molecule has 1 aromatic carbocycles. The first-order chi connectivity index (χ1) is 6.22. The molecule has 0 fully saturated rings. The molecule has 1 aromatic rings. The zero-order chi connectivity index (χ0) is 9.68. The fraction of sp³-hybridized carbons (Fsp3) is 0.200. The van der Waals surface area contributed by atoms with Gasteiger partial charge in [0.15, 0.2) is 0 Å². The zero-order valence-electron chi connectivity index (χ0n) is 6.88. The highest BCUT2D eigenvalue weighted by molar-refractivity contribution is 9.12. The van der Waals surface area contributed by atoms with Gasteiger partial charge >= 0.3 is 0 Å². The molecule has 0 saturated heterocycles. The molecule has 0 heterocycles. The first-order valence-electron chi connectivity index (χ1n) is 3.86. The van der Waals surface area contributed by atoms with Crippen LogP contribution in [0.1, 0.15) is 5.56 Å². The van der Waals surface area contributed by atoms with Crippen molar-refractivity contribution in [2.24, 2.45) is 0 Å². The molecule has 0 spiro atoms. The van der Waals surface area contributed by atoms with Crippen LogP contribution in [0.4, 0.5) is 4.39 Å². The topological polar surface area (TPSA) is 0 Å². The number of halogens is 3. The highest BCUT2D eigenvalue weighted by Crippen LogP contribution is 2.10. The molecular weight excluding hydrogens is 299 g/mol. The lowest BCUT2D eigenvalue weighted by molar-refractivity contribution is 0.627. The van der Waals surface area contributed by atoms with Gasteiger partial charge < -0.3 is 0 Å². The molecule has 1 rings (SSSR count). The Bertz CT molecular complexity index is 297. The van der Waals surface area contributed by atoms with E-state index in [0.717, 1.165) is 10.9 Å². The van der Waals surface area contributed by atoms with Crippen molar-refractivity contribution in [1.29, 1.82) is 0 Å². The molecule has 0 bridgehead atoms. The molecule has 0 amide bonds. The van der Waals surface area contributed by atoms with Gasteiger partial charge in [0.25, 0.3) is 0 Å². The van der Waals surface area contributed by atoms with Crippen LogP contribution >= 0.6 is 31.9 Å². The van der Waals surface area contributed by atoms with Gasteiger partial charge in [0.1, 0.15) is 5.82 Å². The van der Waals surface area contributed by atoms with Gasteiger partial charge in [-0.1, -0.05) is 56.1 Å². The van der Waals surface area contributed by atoms with E-state index in [-0.39, 0.29) is 10.6 Å². The molecule has 0 nitrogen and oxygen atoms in total. The SMILES string of the molecule is Fc1cccc(/C=C/C(Br)CBr)c1. The molecular formula is C10H9Br2F. The summed E-state index contributed by atoms with van der Waals surface area (Å²) in [5.41, 5.74) is 0.880. The average Bonchev–Trinajstić information content (AvgIpc) is 2.14. The largest absolute Gasteiger partial charge is 0.207 e. The van der Waals surface area contributed by atoms with Crippen molar-refractivity contribution in [3.05, 3.63) is 41.7 Å². The Balaban J connectivity index is 2.68. The maximum absolute atomic E-state index is 12.7. The van der Waals surface area contributed by atoms with E-state index < -0.39 is 0 Å². The summed E-state index contributed by atoms with van der Waals surface area (Å²) in [4.78, 5) is 0.288. The van der Waals surface area contributed by atoms with E-state index in [9.17, 15) is 4.39 Å². The minimum absolute atomic E-state index is 0.202. The minimum atomic E-state index is -0.202. The molecule has 0 N–H and O–H groups in total. The van der Waals surface area contributed by atoms with E-state index in [4.69, 9.17) is 0 Å². The van der Waals surface area contributed by atoms with Gasteiger partial charge in [0.2, 0.25) is 0 Å². The number of benzene rings is 1. The Morgan fingerprint density at radius 3 is 2.85 bits per heavy atom. The van der Waals surface area contributed by atoms with Gasteiger partial charge in [-0.05, 0) is 17.7 Å². The van der Waals surface area contributed by atoms with Crippen LogP contribution in [0.5, 0.6) is 0 Å². The van der Waals surface area contributed by atoms with Gasteiger partial charge in [-0.15, -0.1) is 0 Å². The Labute approximate surface area is 94.1 Å². The Morgan fingerprint density at radius 1 is 1.46 bits per heavy atom. The summed E-state index contributed by atoms with van der Waals surface area (Å²) in [5, 5.41) is 0.846. The summed E-state index contributed by atoms with van der Waals surface area (Å²) >= 11 is 6.76. The van der Waals surface area contributed by atoms with Crippen LogP contribution < -0.4 is 0 Å². The van der Waals surface area contributed by atoms with Gasteiger partial charge in [-0.2, -0.15) is 0 Å².